The number of carbonyl (C=O) groups is 2. The Morgan fingerprint density at radius 3 is 2.59 bits per heavy atom. The lowest BCUT2D eigenvalue weighted by molar-refractivity contribution is -0.133. The highest BCUT2D eigenvalue weighted by Gasteiger charge is 2.28. The average molecular weight is 390 g/mol. The molecule has 148 valence electrons. The predicted octanol–water partition coefficient (Wildman–Crippen LogP) is 4.40. The zero-order valence-corrected chi connectivity index (χ0v) is 16.1. The molecule has 5 heteroatoms. The zero-order valence-electron chi connectivity index (χ0n) is 16.1. The Hall–Kier alpha value is -3.21. The van der Waals surface area contributed by atoms with Crippen LogP contribution in [-0.4, -0.2) is 29.8 Å². The summed E-state index contributed by atoms with van der Waals surface area (Å²) in [5.41, 5.74) is 1.57. The fourth-order valence-electron chi connectivity index (χ4n) is 3.92. The number of carbonyl (C=O) groups excluding carboxylic acids is 2. The molecular weight excluding hydrogens is 367 g/mol. The third kappa shape index (κ3) is 4.45. The summed E-state index contributed by atoms with van der Waals surface area (Å²) in [6.07, 6.45) is 1.86. The Morgan fingerprint density at radius 2 is 1.76 bits per heavy atom. The van der Waals surface area contributed by atoms with Crippen molar-refractivity contribution in [2.24, 2.45) is 5.92 Å². The highest BCUT2D eigenvalue weighted by molar-refractivity contribution is 5.94. The SMILES string of the molecule is O=C(Nc1ccc(F)cc1)[C@H]1CCCN(C(=O)Cc2cccc3ccccc23)C1. The number of amides is 2. The number of halogens is 1. The largest absolute Gasteiger partial charge is 0.342 e. The van der Waals surface area contributed by atoms with Gasteiger partial charge in [-0.05, 0) is 53.4 Å². The number of nitrogens with one attached hydrogen (secondary N) is 1. The topological polar surface area (TPSA) is 49.4 Å². The number of piperidine rings is 1. The summed E-state index contributed by atoms with van der Waals surface area (Å²) in [6, 6.07) is 19.8. The molecule has 1 fully saturated rings. The van der Waals surface area contributed by atoms with Crippen LogP contribution in [0.3, 0.4) is 0 Å². The van der Waals surface area contributed by atoms with Crippen LogP contribution in [-0.2, 0) is 16.0 Å². The second-order valence-electron chi connectivity index (χ2n) is 7.49. The van der Waals surface area contributed by atoms with Crippen LogP contribution in [0.25, 0.3) is 10.8 Å². The monoisotopic (exact) mass is 390 g/mol. The first-order valence-corrected chi connectivity index (χ1v) is 9.91. The van der Waals surface area contributed by atoms with Crippen LogP contribution in [0.4, 0.5) is 10.1 Å². The van der Waals surface area contributed by atoms with Crippen LogP contribution in [0.2, 0.25) is 0 Å². The molecule has 1 heterocycles. The van der Waals surface area contributed by atoms with Gasteiger partial charge in [0, 0.05) is 18.8 Å². The first-order chi connectivity index (χ1) is 14.1. The van der Waals surface area contributed by atoms with Gasteiger partial charge in [-0.2, -0.15) is 0 Å². The van der Waals surface area contributed by atoms with Crippen molar-refractivity contribution in [3.63, 3.8) is 0 Å². The Morgan fingerprint density at radius 1 is 1.00 bits per heavy atom. The van der Waals surface area contributed by atoms with Crippen LogP contribution >= 0.6 is 0 Å². The molecule has 0 aliphatic carbocycles. The minimum atomic E-state index is -0.342. The molecule has 0 unspecified atom stereocenters. The summed E-state index contributed by atoms with van der Waals surface area (Å²) in [5, 5.41) is 5.04. The van der Waals surface area contributed by atoms with Crippen LogP contribution < -0.4 is 5.32 Å². The van der Waals surface area contributed by atoms with Crippen molar-refractivity contribution < 1.29 is 14.0 Å². The van der Waals surface area contributed by atoms with Gasteiger partial charge in [0.25, 0.3) is 0 Å². The second kappa shape index (κ2) is 8.43. The molecule has 3 aromatic rings. The van der Waals surface area contributed by atoms with Crippen molar-refractivity contribution in [3.05, 3.63) is 78.1 Å². The molecule has 3 aromatic carbocycles. The molecule has 0 spiro atoms. The molecular formula is C24H23FN2O2. The molecule has 2 amide bonds. The van der Waals surface area contributed by atoms with E-state index in [1.54, 1.807) is 17.0 Å². The van der Waals surface area contributed by atoms with Crippen molar-refractivity contribution in [2.45, 2.75) is 19.3 Å². The van der Waals surface area contributed by atoms with E-state index in [2.05, 4.69) is 5.32 Å². The number of anilines is 1. The molecule has 1 saturated heterocycles. The minimum absolute atomic E-state index is 0.0423. The quantitative estimate of drug-likeness (QED) is 0.718. The lowest BCUT2D eigenvalue weighted by atomic mass is 9.95. The summed E-state index contributed by atoms with van der Waals surface area (Å²) in [6.45, 7) is 1.08. The molecule has 1 atom stereocenters. The van der Waals surface area contributed by atoms with Gasteiger partial charge in [-0.1, -0.05) is 42.5 Å². The van der Waals surface area contributed by atoms with Gasteiger partial charge in [-0.3, -0.25) is 9.59 Å². The Kier molecular flexibility index (Phi) is 5.56. The van der Waals surface area contributed by atoms with Crippen LogP contribution in [0.15, 0.2) is 66.7 Å². The number of nitrogens with zero attached hydrogens (tertiary/aromatic N) is 1. The molecule has 1 aliphatic rings. The fourth-order valence-corrected chi connectivity index (χ4v) is 3.92. The van der Waals surface area contributed by atoms with Gasteiger partial charge in [-0.25, -0.2) is 4.39 Å². The maximum Gasteiger partial charge on any atom is 0.229 e. The Balaban J connectivity index is 1.41. The molecule has 1 N–H and O–H groups in total. The van der Waals surface area contributed by atoms with Crippen LogP contribution in [0, 0.1) is 11.7 Å². The van der Waals surface area contributed by atoms with Gasteiger partial charge >= 0.3 is 0 Å². The molecule has 0 aromatic heterocycles. The lowest BCUT2D eigenvalue weighted by Crippen LogP contribution is -2.44. The minimum Gasteiger partial charge on any atom is -0.342 e. The molecule has 0 bridgehead atoms. The Labute approximate surface area is 169 Å². The number of likely N-dealkylation sites (tertiary alicyclic amines) is 1. The summed E-state index contributed by atoms with van der Waals surface area (Å²) < 4.78 is 13.0. The van der Waals surface area contributed by atoms with E-state index in [0.717, 1.165) is 29.2 Å². The van der Waals surface area contributed by atoms with Crippen molar-refractivity contribution in [2.75, 3.05) is 18.4 Å². The smallest absolute Gasteiger partial charge is 0.229 e. The Bertz CT molecular complexity index is 1030. The fraction of sp³-hybridized carbons (Fsp3) is 0.250. The number of hydrogen-bond donors (Lipinski definition) is 1. The average Bonchev–Trinajstić information content (AvgIpc) is 2.75. The van der Waals surface area contributed by atoms with E-state index < -0.39 is 0 Å². The summed E-state index contributed by atoms with van der Waals surface area (Å²) in [7, 11) is 0. The summed E-state index contributed by atoms with van der Waals surface area (Å²) in [4.78, 5) is 27.3. The van der Waals surface area contributed by atoms with E-state index in [4.69, 9.17) is 0 Å². The normalized spacial score (nSPS) is 16.6. The summed E-state index contributed by atoms with van der Waals surface area (Å²) >= 11 is 0. The number of rotatable bonds is 4. The molecule has 1 aliphatic heterocycles. The van der Waals surface area contributed by atoms with Crippen molar-refractivity contribution in [3.8, 4) is 0 Å². The number of fused-ring (bicyclic) bond motifs is 1. The zero-order chi connectivity index (χ0) is 20.2. The van der Waals surface area contributed by atoms with Crippen LogP contribution in [0.1, 0.15) is 18.4 Å². The molecule has 4 rings (SSSR count). The van der Waals surface area contributed by atoms with Gasteiger partial charge < -0.3 is 10.2 Å². The van der Waals surface area contributed by atoms with Gasteiger partial charge in [0.15, 0.2) is 0 Å². The highest BCUT2D eigenvalue weighted by atomic mass is 19.1. The van der Waals surface area contributed by atoms with Gasteiger partial charge in [0.05, 0.1) is 12.3 Å². The van der Waals surface area contributed by atoms with Gasteiger partial charge in [-0.15, -0.1) is 0 Å². The first kappa shape index (κ1) is 19.1. The second-order valence-corrected chi connectivity index (χ2v) is 7.49. The maximum absolute atomic E-state index is 13.0. The number of benzene rings is 3. The number of hydrogen-bond acceptors (Lipinski definition) is 2. The van der Waals surface area contributed by atoms with Crippen LogP contribution in [0.5, 0.6) is 0 Å². The lowest BCUT2D eigenvalue weighted by Gasteiger charge is -2.32. The maximum atomic E-state index is 13.0. The summed E-state index contributed by atoms with van der Waals surface area (Å²) in [5.74, 6) is -0.684. The van der Waals surface area contributed by atoms with E-state index in [0.29, 0.717) is 25.2 Å². The van der Waals surface area contributed by atoms with Crippen molar-refractivity contribution in [1.82, 2.24) is 4.90 Å². The molecule has 4 nitrogen and oxygen atoms in total. The molecule has 29 heavy (non-hydrogen) atoms. The van der Waals surface area contributed by atoms with Gasteiger partial charge in [0.2, 0.25) is 11.8 Å². The van der Waals surface area contributed by atoms with E-state index in [1.165, 1.54) is 12.1 Å². The third-order valence-corrected chi connectivity index (χ3v) is 5.48. The standard InChI is InChI=1S/C24H23FN2O2/c25-20-10-12-21(13-11-20)26-24(29)19-8-4-14-27(16-19)23(28)15-18-7-3-6-17-5-1-2-9-22(17)18/h1-3,5-7,9-13,19H,4,8,14-16H2,(H,26,29)/t19-/m0/s1. The third-order valence-electron chi connectivity index (χ3n) is 5.48. The van der Waals surface area contributed by atoms with E-state index >= 15 is 0 Å². The van der Waals surface area contributed by atoms with E-state index in [1.807, 2.05) is 42.5 Å². The highest BCUT2D eigenvalue weighted by Crippen LogP contribution is 2.22. The van der Waals surface area contributed by atoms with Gasteiger partial charge in [0.1, 0.15) is 5.82 Å². The molecule has 0 saturated carbocycles. The first-order valence-electron chi connectivity index (χ1n) is 9.91. The van der Waals surface area contributed by atoms with Crippen molar-refractivity contribution in [1.29, 1.82) is 0 Å². The van der Waals surface area contributed by atoms with E-state index in [9.17, 15) is 14.0 Å². The van der Waals surface area contributed by atoms with E-state index in [-0.39, 0.29) is 23.5 Å². The predicted molar refractivity (Wildman–Crippen MR) is 112 cm³/mol. The molecule has 0 radical (unpaired) electrons. The van der Waals surface area contributed by atoms with Crippen molar-refractivity contribution >= 4 is 28.3 Å².